The number of nitrogens with zero attached hydrogens (tertiary/aromatic N) is 1. The number of carbonyl (C=O) groups excluding carboxylic acids is 1. The summed E-state index contributed by atoms with van der Waals surface area (Å²) in [6, 6.07) is 0.488. The second-order valence-corrected chi connectivity index (χ2v) is 6.93. The van der Waals surface area contributed by atoms with Crippen LogP contribution in [0.3, 0.4) is 0 Å². The first-order valence-electron chi connectivity index (χ1n) is 8.13. The van der Waals surface area contributed by atoms with Gasteiger partial charge in [0.25, 0.3) is 0 Å². The maximum absolute atomic E-state index is 12.7. The molecule has 0 bridgehead atoms. The molecular formula is C16H27NO3. The number of hydrogen-bond donors (Lipinski definition) is 0. The molecule has 1 aliphatic carbocycles. The van der Waals surface area contributed by atoms with Crippen molar-refractivity contribution in [2.24, 2.45) is 5.92 Å². The number of morpholine rings is 1. The summed E-state index contributed by atoms with van der Waals surface area (Å²) < 4.78 is 11.7. The average Bonchev–Trinajstić information content (AvgIpc) is 2.45. The summed E-state index contributed by atoms with van der Waals surface area (Å²) in [6.07, 6.45) is 5.12. The molecule has 0 aromatic carbocycles. The van der Waals surface area contributed by atoms with E-state index in [1.165, 1.54) is 6.42 Å². The van der Waals surface area contributed by atoms with Crippen LogP contribution in [-0.4, -0.2) is 54.7 Å². The zero-order chi connectivity index (χ0) is 14.2. The Kier molecular flexibility index (Phi) is 4.16. The van der Waals surface area contributed by atoms with E-state index in [9.17, 15) is 4.79 Å². The summed E-state index contributed by atoms with van der Waals surface area (Å²) in [6.45, 7) is 7.51. The van der Waals surface area contributed by atoms with Gasteiger partial charge in [0.05, 0.1) is 12.2 Å². The van der Waals surface area contributed by atoms with Crippen molar-refractivity contribution < 1.29 is 14.3 Å². The summed E-state index contributed by atoms with van der Waals surface area (Å²) >= 11 is 0. The van der Waals surface area contributed by atoms with Gasteiger partial charge in [0.15, 0.2) is 5.78 Å². The molecule has 1 spiro atoms. The Morgan fingerprint density at radius 1 is 1.30 bits per heavy atom. The van der Waals surface area contributed by atoms with Gasteiger partial charge in [0.2, 0.25) is 0 Å². The highest BCUT2D eigenvalue weighted by Gasteiger charge is 2.45. The molecule has 0 aromatic rings. The van der Waals surface area contributed by atoms with Crippen LogP contribution < -0.4 is 0 Å². The highest BCUT2D eigenvalue weighted by molar-refractivity contribution is 5.86. The van der Waals surface area contributed by atoms with Crippen LogP contribution in [0.25, 0.3) is 0 Å². The Bertz CT molecular complexity index is 365. The number of Topliss-reactive ketones (excluding diaryl/α,β-unsaturated/α-hetero) is 1. The zero-order valence-corrected chi connectivity index (χ0v) is 12.8. The molecule has 2 unspecified atom stereocenters. The molecule has 2 aliphatic heterocycles. The number of ketones is 1. The second kappa shape index (κ2) is 5.74. The molecule has 0 aromatic heterocycles. The lowest BCUT2D eigenvalue weighted by atomic mass is 9.70. The van der Waals surface area contributed by atoms with Crippen LogP contribution in [0, 0.1) is 5.92 Å². The topological polar surface area (TPSA) is 38.8 Å². The van der Waals surface area contributed by atoms with Gasteiger partial charge in [-0.3, -0.25) is 9.69 Å². The molecular weight excluding hydrogens is 254 g/mol. The van der Waals surface area contributed by atoms with Crippen LogP contribution in [0.15, 0.2) is 0 Å². The first-order chi connectivity index (χ1) is 9.60. The SMILES string of the molecule is CC(C)N1CCOC(C(=O)C2CCOC3(CCC3)C2)C1. The van der Waals surface area contributed by atoms with E-state index in [1.807, 2.05) is 0 Å². The highest BCUT2D eigenvalue weighted by atomic mass is 16.5. The fourth-order valence-electron chi connectivity index (χ4n) is 3.76. The molecule has 3 aliphatic rings. The van der Waals surface area contributed by atoms with Crippen LogP contribution in [-0.2, 0) is 14.3 Å². The lowest BCUT2D eigenvalue weighted by Crippen LogP contribution is -2.53. The molecule has 3 rings (SSSR count). The van der Waals surface area contributed by atoms with Crippen molar-refractivity contribution >= 4 is 5.78 Å². The minimum Gasteiger partial charge on any atom is -0.375 e. The number of ether oxygens (including phenoxy) is 2. The molecule has 0 radical (unpaired) electrons. The molecule has 0 N–H and O–H groups in total. The van der Waals surface area contributed by atoms with E-state index >= 15 is 0 Å². The molecule has 2 heterocycles. The predicted molar refractivity (Wildman–Crippen MR) is 76.7 cm³/mol. The molecule has 114 valence electrons. The van der Waals surface area contributed by atoms with Crippen LogP contribution in [0.5, 0.6) is 0 Å². The summed E-state index contributed by atoms with van der Waals surface area (Å²) in [5, 5.41) is 0. The summed E-state index contributed by atoms with van der Waals surface area (Å²) in [5.74, 6) is 0.478. The maximum Gasteiger partial charge on any atom is 0.166 e. The van der Waals surface area contributed by atoms with Crippen LogP contribution in [0.4, 0.5) is 0 Å². The van der Waals surface area contributed by atoms with Crippen molar-refractivity contribution in [1.82, 2.24) is 4.90 Å². The van der Waals surface area contributed by atoms with Gasteiger partial charge in [-0.2, -0.15) is 0 Å². The largest absolute Gasteiger partial charge is 0.375 e. The molecule has 4 nitrogen and oxygen atoms in total. The Labute approximate surface area is 121 Å². The first kappa shape index (κ1) is 14.5. The van der Waals surface area contributed by atoms with Crippen molar-refractivity contribution in [3.05, 3.63) is 0 Å². The standard InChI is InChI=1S/C16H27NO3/c1-12(2)17-7-9-19-14(11-17)15(18)13-4-8-20-16(10-13)5-3-6-16/h12-14H,3-11H2,1-2H3. The van der Waals surface area contributed by atoms with Crippen molar-refractivity contribution in [2.45, 2.75) is 63.7 Å². The number of rotatable bonds is 3. The van der Waals surface area contributed by atoms with E-state index in [0.717, 1.165) is 45.4 Å². The molecule has 2 saturated heterocycles. The van der Waals surface area contributed by atoms with Gasteiger partial charge in [-0.25, -0.2) is 0 Å². The van der Waals surface area contributed by atoms with E-state index in [1.54, 1.807) is 0 Å². The molecule has 20 heavy (non-hydrogen) atoms. The maximum atomic E-state index is 12.7. The van der Waals surface area contributed by atoms with Gasteiger partial charge in [-0.15, -0.1) is 0 Å². The van der Waals surface area contributed by atoms with Crippen molar-refractivity contribution in [1.29, 1.82) is 0 Å². The minimum atomic E-state index is -0.216. The van der Waals surface area contributed by atoms with Crippen LogP contribution in [0.2, 0.25) is 0 Å². The molecule has 0 amide bonds. The Morgan fingerprint density at radius 2 is 2.10 bits per heavy atom. The third kappa shape index (κ3) is 2.78. The molecule has 1 saturated carbocycles. The van der Waals surface area contributed by atoms with Crippen LogP contribution in [0.1, 0.15) is 46.0 Å². The van der Waals surface area contributed by atoms with E-state index in [4.69, 9.17) is 9.47 Å². The highest BCUT2D eigenvalue weighted by Crippen LogP contribution is 2.44. The fraction of sp³-hybridized carbons (Fsp3) is 0.938. The van der Waals surface area contributed by atoms with E-state index < -0.39 is 0 Å². The van der Waals surface area contributed by atoms with E-state index in [-0.39, 0.29) is 17.6 Å². The first-order valence-corrected chi connectivity index (χ1v) is 8.13. The molecule has 4 heteroatoms. The fourth-order valence-corrected chi connectivity index (χ4v) is 3.76. The zero-order valence-electron chi connectivity index (χ0n) is 12.8. The van der Waals surface area contributed by atoms with Gasteiger partial charge < -0.3 is 9.47 Å². The lowest BCUT2D eigenvalue weighted by Gasteiger charge is -2.47. The summed E-state index contributed by atoms with van der Waals surface area (Å²) in [7, 11) is 0. The molecule has 2 atom stereocenters. The lowest BCUT2D eigenvalue weighted by molar-refractivity contribution is -0.165. The van der Waals surface area contributed by atoms with E-state index in [0.29, 0.717) is 18.4 Å². The van der Waals surface area contributed by atoms with Gasteiger partial charge in [0, 0.05) is 31.7 Å². The van der Waals surface area contributed by atoms with Gasteiger partial charge in [-0.1, -0.05) is 0 Å². The Balaban J connectivity index is 1.60. The van der Waals surface area contributed by atoms with Crippen molar-refractivity contribution in [2.75, 3.05) is 26.3 Å². The predicted octanol–water partition coefficient (Wildman–Crippen LogP) is 2.01. The average molecular weight is 281 g/mol. The van der Waals surface area contributed by atoms with Crippen molar-refractivity contribution in [3.63, 3.8) is 0 Å². The quantitative estimate of drug-likeness (QED) is 0.793. The third-order valence-electron chi connectivity index (χ3n) is 5.31. The molecule has 3 fully saturated rings. The monoisotopic (exact) mass is 281 g/mol. The van der Waals surface area contributed by atoms with Crippen LogP contribution >= 0.6 is 0 Å². The Hall–Kier alpha value is -0.450. The third-order valence-corrected chi connectivity index (χ3v) is 5.31. The Morgan fingerprint density at radius 3 is 2.75 bits per heavy atom. The summed E-state index contributed by atoms with van der Waals surface area (Å²) in [5.41, 5.74) is 0.0466. The number of carbonyl (C=O) groups is 1. The van der Waals surface area contributed by atoms with Gasteiger partial charge in [-0.05, 0) is 46.0 Å². The van der Waals surface area contributed by atoms with E-state index in [2.05, 4.69) is 18.7 Å². The smallest absolute Gasteiger partial charge is 0.166 e. The van der Waals surface area contributed by atoms with Gasteiger partial charge in [0.1, 0.15) is 6.10 Å². The normalized spacial score (nSPS) is 34.1. The number of hydrogen-bond acceptors (Lipinski definition) is 4. The minimum absolute atomic E-state index is 0.0466. The van der Waals surface area contributed by atoms with Crippen molar-refractivity contribution in [3.8, 4) is 0 Å². The second-order valence-electron chi connectivity index (χ2n) is 6.93. The van der Waals surface area contributed by atoms with Gasteiger partial charge >= 0.3 is 0 Å². The summed E-state index contributed by atoms with van der Waals surface area (Å²) in [4.78, 5) is 15.1.